The van der Waals surface area contributed by atoms with Crippen LogP contribution in [0.1, 0.15) is 46.1 Å². The molecule has 0 fully saturated rings. The summed E-state index contributed by atoms with van der Waals surface area (Å²) >= 11 is 1.54. The number of thioether (sulfide) groups is 1. The molecule has 0 aliphatic heterocycles. The van der Waals surface area contributed by atoms with E-state index < -0.39 is 46.1 Å². The largest absolute Gasteiger partial charge is 0.497 e. The topological polar surface area (TPSA) is 140 Å². The number of carbonyl (C=O) groups excluding carboxylic acids is 2. The molecule has 13 heteroatoms. The fourth-order valence-electron chi connectivity index (χ4n) is 7.24. The van der Waals surface area contributed by atoms with Crippen molar-refractivity contribution in [2.45, 2.75) is 34.8 Å². The molecule has 2 heterocycles. The number of aromatic nitrogens is 2. The van der Waals surface area contributed by atoms with Crippen LogP contribution in [0.15, 0.2) is 199 Å². The van der Waals surface area contributed by atoms with Crippen LogP contribution in [0, 0.1) is 0 Å². The minimum atomic E-state index is -4.57. The van der Waals surface area contributed by atoms with Gasteiger partial charge in [0.25, 0.3) is 5.91 Å². The molecule has 320 valence electrons. The van der Waals surface area contributed by atoms with Crippen molar-refractivity contribution in [1.82, 2.24) is 25.1 Å². The van der Waals surface area contributed by atoms with Gasteiger partial charge in [0.05, 0.1) is 29.9 Å². The second-order valence-corrected chi connectivity index (χ2v) is 17.4. The van der Waals surface area contributed by atoms with Crippen LogP contribution in [0.5, 0.6) is 5.75 Å². The van der Waals surface area contributed by atoms with Gasteiger partial charge in [0.1, 0.15) is 17.8 Å². The molecule has 0 saturated heterocycles. The van der Waals surface area contributed by atoms with Gasteiger partial charge in [-0.15, -0.1) is 0 Å². The van der Waals surface area contributed by atoms with Gasteiger partial charge < -0.3 is 10.1 Å². The Balaban J connectivity index is 1.29. The monoisotopic (exact) mass is 877 g/mol. The summed E-state index contributed by atoms with van der Waals surface area (Å²) in [6.45, 7) is -0.729. The standard InChI is InChI=1S/C50H47N5O6S2/c1-60-42-28-30-43(31-29-42)63(58,59)55(36-47(56)53-48(44-26-14-16-33-51-44)45-27-15-17-34-52-45)46(32-35-62-37-38-18-6-2-7-19-38)49(57)54-61-50(39-20-8-3-9-21-39,40-22-10-4-11-23-40)41-24-12-5-13-25-41/h2-31,33-34,46,48H,32,35-37H2,1H3,(H,53,56)(H,54,57). The van der Waals surface area contributed by atoms with Crippen LogP contribution in [-0.2, 0) is 35.8 Å². The van der Waals surface area contributed by atoms with E-state index in [0.29, 0.717) is 28.6 Å². The van der Waals surface area contributed by atoms with Crippen LogP contribution in [-0.4, -0.2) is 60.0 Å². The molecule has 5 aromatic carbocycles. The Labute approximate surface area is 372 Å². The lowest BCUT2D eigenvalue weighted by Gasteiger charge is -2.36. The highest BCUT2D eigenvalue weighted by Gasteiger charge is 2.42. The number of rotatable bonds is 20. The maximum Gasteiger partial charge on any atom is 0.262 e. The van der Waals surface area contributed by atoms with E-state index in [1.807, 2.05) is 121 Å². The van der Waals surface area contributed by atoms with Crippen LogP contribution >= 0.6 is 11.8 Å². The second kappa shape index (κ2) is 21.4. The Hall–Kier alpha value is -6.64. The molecule has 1 atom stereocenters. The SMILES string of the molecule is COc1ccc(S(=O)(=O)N(CC(=O)NC(c2ccccn2)c2ccccn2)C(CCSCc2ccccc2)C(=O)NOC(c2ccccc2)(c2ccccc2)c2ccccc2)cc1. The van der Waals surface area contributed by atoms with E-state index in [2.05, 4.69) is 20.8 Å². The van der Waals surface area contributed by atoms with Gasteiger partial charge in [-0.3, -0.25) is 24.4 Å². The summed E-state index contributed by atoms with van der Waals surface area (Å²) in [6.07, 6.45) is 3.23. The number of hydrogen-bond acceptors (Lipinski definition) is 9. The number of hydroxylamine groups is 1. The second-order valence-electron chi connectivity index (χ2n) is 14.4. The number of ether oxygens (including phenoxy) is 1. The van der Waals surface area contributed by atoms with Crippen molar-refractivity contribution >= 4 is 33.6 Å². The van der Waals surface area contributed by atoms with Crippen molar-refractivity contribution in [3.63, 3.8) is 0 Å². The van der Waals surface area contributed by atoms with Crippen molar-refractivity contribution in [3.8, 4) is 5.75 Å². The quantitative estimate of drug-likeness (QED) is 0.0442. The van der Waals surface area contributed by atoms with E-state index in [0.717, 1.165) is 26.6 Å². The lowest BCUT2D eigenvalue weighted by atomic mass is 9.80. The molecule has 0 spiro atoms. The third-order valence-electron chi connectivity index (χ3n) is 10.4. The van der Waals surface area contributed by atoms with Gasteiger partial charge in [0.15, 0.2) is 5.60 Å². The van der Waals surface area contributed by atoms with Crippen LogP contribution < -0.4 is 15.5 Å². The highest BCUT2D eigenvalue weighted by atomic mass is 32.2. The first-order chi connectivity index (χ1) is 30.8. The van der Waals surface area contributed by atoms with Gasteiger partial charge in [0.2, 0.25) is 15.9 Å². The number of amides is 2. The van der Waals surface area contributed by atoms with Gasteiger partial charge in [-0.1, -0.05) is 133 Å². The lowest BCUT2D eigenvalue weighted by Crippen LogP contribution is -2.54. The summed E-state index contributed by atoms with van der Waals surface area (Å²) in [5.74, 6) is -0.0399. The lowest BCUT2D eigenvalue weighted by molar-refractivity contribution is -0.147. The van der Waals surface area contributed by atoms with Crippen molar-refractivity contribution in [2.75, 3.05) is 19.4 Å². The highest BCUT2D eigenvalue weighted by Crippen LogP contribution is 2.40. The van der Waals surface area contributed by atoms with Crippen LogP contribution in [0.3, 0.4) is 0 Å². The van der Waals surface area contributed by atoms with E-state index >= 15 is 13.2 Å². The van der Waals surface area contributed by atoms with Gasteiger partial charge in [-0.2, -0.15) is 16.1 Å². The van der Waals surface area contributed by atoms with Crippen LogP contribution in [0.2, 0.25) is 0 Å². The van der Waals surface area contributed by atoms with Crippen molar-refractivity contribution < 1.29 is 27.6 Å². The summed E-state index contributed by atoms with van der Waals surface area (Å²) < 4.78 is 36.3. The molecule has 0 radical (unpaired) electrons. The third kappa shape index (κ3) is 10.9. The molecule has 2 aromatic heterocycles. The van der Waals surface area contributed by atoms with E-state index in [9.17, 15) is 4.79 Å². The maximum atomic E-state index is 15.1. The molecule has 7 aromatic rings. The molecule has 0 aliphatic rings. The first kappa shape index (κ1) is 44.4. The summed E-state index contributed by atoms with van der Waals surface area (Å²) in [6, 6.07) is 52.5. The van der Waals surface area contributed by atoms with Gasteiger partial charge in [-0.25, -0.2) is 13.9 Å². The van der Waals surface area contributed by atoms with E-state index in [1.54, 1.807) is 60.6 Å². The summed E-state index contributed by atoms with van der Waals surface area (Å²) in [5.41, 5.74) is 5.58. The zero-order valence-corrected chi connectivity index (χ0v) is 36.2. The average Bonchev–Trinajstić information content (AvgIpc) is 3.34. The molecule has 11 nitrogen and oxygen atoms in total. The first-order valence-corrected chi connectivity index (χ1v) is 22.9. The normalized spacial score (nSPS) is 12.1. The summed E-state index contributed by atoms with van der Waals surface area (Å²) in [4.78, 5) is 45.1. The van der Waals surface area contributed by atoms with Crippen LogP contribution in [0.25, 0.3) is 0 Å². The van der Waals surface area contributed by atoms with E-state index in [4.69, 9.17) is 9.57 Å². The number of nitrogens with one attached hydrogen (secondary N) is 2. The van der Waals surface area contributed by atoms with Crippen molar-refractivity contribution in [1.29, 1.82) is 0 Å². The smallest absolute Gasteiger partial charge is 0.262 e. The molecule has 0 aliphatic carbocycles. The molecular weight excluding hydrogens is 831 g/mol. The molecular formula is C50H47N5O6S2. The number of methoxy groups -OCH3 is 1. The number of pyridine rings is 2. The van der Waals surface area contributed by atoms with Crippen molar-refractivity contribution in [2.24, 2.45) is 0 Å². The number of sulfonamides is 1. The number of nitrogens with zero attached hydrogens (tertiary/aromatic N) is 3. The third-order valence-corrected chi connectivity index (χ3v) is 13.3. The predicted molar refractivity (Wildman–Crippen MR) is 245 cm³/mol. The highest BCUT2D eigenvalue weighted by molar-refractivity contribution is 7.98. The van der Waals surface area contributed by atoms with Gasteiger partial charge >= 0.3 is 0 Å². The zero-order chi connectivity index (χ0) is 43.9. The van der Waals surface area contributed by atoms with Crippen molar-refractivity contribution in [3.05, 3.63) is 228 Å². The molecule has 0 bridgehead atoms. The number of carbonyl (C=O) groups is 2. The predicted octanol–water partition coefficient (Wildman–Crippen LogP) is 8.11. The summed E-state index contributed by atoms with van der Waals surface area (Å²) in [5, 5.41) is 2.97. The minimum absolute atomic E-state index is 0.0221. The Kier molecular flexibility index (Phi) is 15.1. The Morgan fingerprint density at radius 1 is 0.667 bits per heavy atom. The minimum Gasteiger partial charge on any atom is -0.497 e. The average molecular weight is 878 g/mol. The fraction of sp³-hybridized carbons (Fsp3) is 0.160. The van der Waals surface area contributed by atoms with E-state index in [-0.39, 0.29) is 11.3 Å². The molecule has 0 saturated carbocycles. The Bertz CT molecular complexity index is 2480. The molecule has 1 unspecified atom stereocenters. The molecule has 2 N–H and O–H groups in total. The Morgan fingerprint density at radius 2 is 1.16 bits per heavy atom. The van der Waals surface area contributed by atoms with Crippen LogP contribution in [0.4, 0.5) is 0 Å². The number of hydrogen-bond donors (Lipinski definition) is 2. The molecule has 7 rings (SSSR count). The fourth-order valence-corrected chi connectivity index (χ4v) is 9.78. The van der Waals surface area contributed by atoms with Gasteiger partial charge in [0, 0.05) is 18.1 Å². The summed E-state index contributed by atoms with van der Waals surface area (Å²) in [7, 11) is -3.09. The van der Waals surface area contributed by atoms with Gasteiger partial charge in [-0.05, 0) is 83.0 Å². The molecule has 63 heavy (non-hydrogen) atoms. The maximum absolute atomic E-state index is 15.1. The number of benzene rings is 5. The Morgan fingerprint density at radius 3 is 1.63 bits per heavy atom. The zero-order valence-electron chi connectivity index (χ0n) is 34.6. The molecule has 2 amide bonds. The first-order valence-electron chi connectivity index (χ1n) is 20.3. The van der Waals surface area contributed by atoms with E-state index in [1.165, 1.54) is 31.4 Å².